The van der Waals surface area contributed by atoms with Gasteiger partial charge in [0.1, 0.15) is 0 Å². The van der Waals surface area contributed by atoms with Gasteiger partial charge in [-0.2, -0.15) is 0 Å². The highest BCUT2D eigenvalue weighted by Crippen LogP contribution is 2.06. The van der Waals surface area contributed by atoms with Crippen LogP contribution in [0.2, 0.25) is 0 Å². The van der Waals surface area contributed by atoms with Crippen molar-refractivity contribution in [1.29, 1.82) is 0 Å². The summed E-state index contributed by atoms with van der Waals surface area (Å²) in [7, 11) is 0. The molecule has 1 nitrogen and oxygen atoms in total. The van der Waals surface area contributed by atoms with Crippen molar-refractivity contribution in [2.45, 2.75) is 19.8 Å². The van der Waals surface area contributed by atoms with Crippen molar-refractivity contribution in [1.82, 2.24) is 5.32 Å². The first-order chi connectivity index (χ1) is 4.93. The van der Waals surface area contributed by atoms with Crippen molar-refractivity contribution in [2.75, 3.05) is 6.54 Å². The number of hydrogen-bond acceptors (Lipinski definition) is 1. The van der Waals surface area contributed by atoms with Crippen LogP contribution >= 0.6 is 0 Å². The molecule has 0 aromatic rings. The van der Waals surface area contributed by atoms with Crippen molar-refractivity contribution < 1.29 is 0 Å². The molecule has 0 fully saturated rings. The van der Waals surface area contributed by atoms with Gasteiger partial charge in [-0.3, -0.25) is 0 Å². The maximum Gasteiger partial charge on any atom is 0.0148 e. The topological polar surface area (TPSA) is 12.0 Å². The second-order valence-electron chi connectivity index (χ2n) is 2.42. The van der Waals surface area contributed by atoms with Crippen LogP contribution in [0.5, 0.6) is 0 Å². The molecule has 1 heteroatoms. The average molecular weight is 136 g/mol. The van der Waals surface area contributed by atoms with Gasteiger partial charge in [0.2, 0.25) is 0 Å². The number of rotatable bonds is 3. The Morgan fingerprint density at radius 3 is 3.10 bits per heavy atom. The summed E-state index contributed by atoms with van der Waals surface area (Å²) in [5.74, 6) is 0. The van der Waals surface area contributed by atoms with Gasteiger partial charge in [-0.05, 0) is 18.9 Å². The zero-order chi connectivity index (χ0) is 7.23. The molecule has 0 spiro atoms. The van der Waals surface area contributed by atoms with E-state index in [-0.39, 0.29) is 0 Å². The molecule has 1 aliphatic rings. The second kappa shape index (κ2) is 4.15. The van der Waals surface area contributed by atoms with Crippen molar-refractivity contribution in [3.05, 3.63) is 30.3 Å². The Hall–Kier alpha value is -0.720. The molecule has 10 heavy (non-hydrogen) atoms. The number of hydrogen-bond donors (Lipinski definition) is 1. The summed E-state index contributed by atoms with van der Waals surface area (Å²) in [4.78, 5) is 0. The quantitative estimate of drug-likeness (QED) is 0.626. The zero-order valence-corrected chi connectivity index (χ0v) is 6.43. The van der Waals surface area contributed by atoms with Crippen molar-refractivity contribution in [3.63, 3.8) is 0 Å². The molecule has 1 radical (unpaired) electrons. The van der Waals surface area contributed by atoms with Crippen LogP contribution in [0.15, 0.2) is 23.9 Å². The highest BCUT2D eigenvalue weighted by molar-refractivity contribution is 5.24. The van der Waals surface area contributed by atoms with Gasteiger partial charge in [0.25, 0.3) is 0 Å². The largest absolute Gasteiger partial charge is 0.388 e. The van der Waals surface area contributed by atoms with Gasteiger partial charge in [0.15, 0.2) is 0 Å². The van der Waals surface area contributed by atoms with Crippen molar-refractivity contribution >= 4 is 0 Å². The van der Waals surface area contributed by atoms with Gasteiger partial charge in [0.05, 0.1) is 0 Å². The number of nitrogens with one attached hydrogen (secondary N) is 1. The lowest BCUT2D eigenvalue weighted by atomic mass is 10.1. The van der Waals surface area contributed by atoms with E-state index < -0.39 is 0 Å². The summed E-state index contributed by atoms with van der Waals surface area (Å²) >= 11 is 0. The maximum atomic E-state index is 3.33. The minimum atomic E-state index is 1.07. The fourth-order valence-corrected chi connectivity index (χ4v) is 0.914. The molecular weight excluding hydrogens is 122 g/mol. The van der Waals surface area contributed by atoms with Gasteiger partial charge in [-0.15, -0.1) is 0 Å². The summed E-state index contributed by atoms with van der Waals surface area (Å²) in [6, 6.07) is 0. The molecule has 0 aromatic heterocycles. The predicted octanol–water partition coefficient (Wildman–Crippen LogP) is 2.03. The van der Waals surface area contributed by atoms with Crippen LogP contribution in [0.25, 0.3) is 0 Å². The first kappa shape index (κ1) is 7.39. The van der Waals surface area contributed by atoms with E-state index in [9.17, 15) is 0 Å². The lowest BCUT2D eigenvalue weighted by Gasteiger charge is -2.09. The highest BCUT2D eigenvalue weighted by Gasteiger charge is 1.96. The van der Waals surface area contributed by atoms with Gasteiger partial charge < -0.3 is 5.32 Å². The Morgan fingerprint density at radius 2 is 2.50 bits per heavy atom. The van der Waals surface area contributed by atoms with Crippen LogP contribution < -0.4 is 5.32 Å². The fraction of sp³-hybridized carbons (Fsp3) is 0.444. The van der Waals surface area contributed by atoms with Gasteiger partial charge in [-0.1, -0.05) is 19.1 Å². The van der Waals surface area contributed by atoms with E-state index in [0.717, 1.165) is 13.0 Å². The minimum Gasteiger partial charge on any atom is -0.388 e. The molecule has 1 aliphatic carbocycles. The monoisotopic (exact) mass is 136 g/mol. The third-order valence-electron chi connectivity index (χ3n) is 1.46. The lowest BCUT2D eigenvalue weighted by molar-refractivity contribution is 0.767. The highest BCUT2D eigenvalue weighted by atomic mass is 14.9. The summed E-state index contributed by atoms with van der Waals surface area (Å²) in [6.07, 6.45) is 10.8. The van der Waals surface area contributed by atoms with Crippen LogP contribution in [-0.2, 0) is 0 Å². The van der Waals surface area contributed by atoms with Crippen molar-refractivity contribution in [2.24, 2.45) is 0 Å². The molecule has 0 heterocycles. The smallest absolute Gasteiger partial charge is 0.0148 e. The minimum absolute atomic E-state index is 1.07. The first-order valence-corrected chi connectivity index (χ1v) is 3.87. The SMILES string of the molecule is CCCNC1=CC=CC[CH]1. The average Bonchev–Trinajstić information content (AvgIpc) is 2.03. The summed E-state index contributed by atoms with van der Waals surface area (Å²) < 4.78 is 0. The third kappa shape index (κ3) is 2.26. The van der Waals surface area contributed by atoms with Crippen LogP contribution in [0.4, 0.5) is 0 Å². The van der Waals surface area contributed by atoms with Gasteiger partial charge >= 0.3 is 0 Å². The Bertz CT molecular complexity index is 145. The molecule has 0 saturated heterocycles. The number of allylic oxidation sites excluding steroid dienone is 4. The summed E-state index contributed by atoms with van der Waals surface area (Å²) in [5.41, 5.74) is 1.27. The van der Waals surface area contributed by atoms with E-state index in [4.69, 9.17) is 0 Å². The molecule has 0 aliphatic heterocycles. The Kier molecular flexibility index (Phi) is 3.07. The van der Waals surface area contributed by atoms with E-state index in [0.29, 0.717) is 0 Å². The Labute approximate surface area is 62.8 Å². The fourth-order valence-electron chi connectivity index (χ4n) is 0.914. The molecule has 0 bridgehead atoms. The zero-order valence-electron chi connectivity index (χ0n) is 6.43. The first-order valence-electron chi connectivity index (χ1n) is 3.87. The standard InChI is InChI=1S/C9H14N/c1-2-8-10-9-6-4-3-5-7-9/h3-4,6-7,10H,2,5,8H2,1H3. The van der Waals surface area contributed by atoms with Gasteiger partial charge in [0, 0.05) is 18.7 Å². The van der Waals surface area contributed by atoms with E-state index in [1.54, 1.807) is 0 Å². The summed E-state index contributed by atoms with van der Waals surface area (Å²) in [5, 5.41) is 3.33. The lowest BCUT2D eigenvalue weighted by Crippen LogP contribution is -2.14. The molecule has 1 N–H and O–H groups in total. The van der Waals surface area contributed by atoms with E-state index in [1.165, 1.54) is 12.1 Å². The summed E-state index contributed by atoms with van der Waals surface area (Å²) in [6.45, 7) is 3.25. The third-order valence-corrected chi connectivity index (χ3v) is 1.46. The van der Waals surface area contributed by atoms with E-state index in [2.05, 4.69) is 36.9 Å². The second-order valence-corrected chi connectivity index (χ2v) is 2.42. The molecule has 0 aromatic carbocycles. The molecule has 55 valence electrons. The van der Waals surface area contributed by atoms with E-state index >= 15 is 0 Å². The Balaban J connectivity index is 2.25. The molecule has 0 amide bonds. The van der Waals surface area contributed by atoms with Gasteiger partial charge in [-0.25, -0.2) is 0 Å². The van der Waals surface area contributed by atoms with Crippen LogP contribution in [0.1, 0.15) is 19.8 Å². The van der Waals surface area contributed by atoms with Crippen LogP contribution in [-0.4, -0.2) is 6.54 Å². The van der Waals surface area contributed by atoms with Crippen molar-refractivity contribution in [3.8, 4) is 0 Å². The Morgan fingerprint density at radius 1 is 1.60 bits per heavy atom. The molecule has 0 unspecified atom stereocenters. The molecule has 0 saturated carbocycles. The van der Waals surface area contributed by atoms with E-state index in [1.807, 2.05) is 0 Å². The molecule has 1 rings (SSSR count). The molecule has 0 atom stereocenters. The van der Waals surface area contributed by atoms with Crippen LogP contribution in [0, 0.1) is 6.42 Å². The molecular formula is C9H14N. The maximum absolute atomic E-state index is 3.33. The van der Waals surface area contributed by atoms with Crippen LogP contribution in [0.3, 0.4) is 0 Å². The predicted molar refractivity (Wildman–Crippen MR) is 44.4 cm³/mol. The normalized spacial score (nSPS) is 16.7.